The van der Waals surface area contributed by atoms with Crippen molar-refractivity contribution in [3.63, 3.8) is 0 Å². The molecule has 1 fully saturated rings. The number of para-hydroxylation sites is 1. The van der Waals surface area contributed by atoms with E-state index in [0.29, 0.717) is 35.8 Å². The predicted octanol–water partition coefficient (Wildman–Crippen LogP) is 3.44. The van der Waals surface area contributed by atoms with E-state index in [0.717, 1.165) is 18.4 Å². The van der Waals surface area contributed by atoms with E-state index in [-0.39, 0.29) is 11.8 Å². The molecular formula is C19H19ClN2O2. The van der Waals surface area contributed by atoms with Crippen LogP contribution in [-0.2, 0) is 11.2 Å². The number of rotatable bonds is 5. The summed E-state index contributed by atoms with van der Waals surface area (Å²) >= 11 is 5.87. The molecule has 124 valence electrons. The summed E-state index contributed by atoms with van der Waals surface area (Å²) < 4.78 is 0. The summed E-state index contributed by atoms with van der Waals surface area (Å²) in [7, 11) is 0. The first-order valence-corrected chi connectivity index (χ1v) is 8.45. The summed E-state index contributed by atoms with van der Waals surface area (Å²) in [6, 6.07) is 14.8. The Kier molecular flexibility index (Phi) is 5.16. The Balaban J connectivity index is 1.65. The van der Waals surface area contributed by atoms with Gasteiger partial charge in [-0.1, -0.05) is 35.9 Å². The maximum Gasteiger partial charge on any atom is 0.253 e. The number of carbonyl (C=O) groups excluding carboxylic acids is 2. The van der Waals surface area contributed by atoms with Crippen LogP contribution in [0.4, 0.5) is 5.69 Å². The molecule has 2 aromatic carbocycles. The lowest BCUT2D eigenvalue weighted by molar-refractivity contribution is -0.117. The van der Waals surface area contributed by atoms with Gasteiger partial charge in [0.25, 0.3) is 5.91 Å². The van der Waals surface area contributed by atoms with Crippen molar-refractivity contribution in [2.45, 2.75) is 19.3 Å². The Morgan fingerprint density at radius 3 is 2.58 bits per heavy atom. The molecule has 0 spiro atoms. The zero-order chi connectivity index (χ0) is 16.9. The summed E-state index contributed by atoms with van der Waals surface area (Å²) in [5.74, 6) is -0.0734. The fourth-order valence-electron chi connectivity index (χ4n) is 2.87. The van der Waals surface area contributed by atoms with Gasteiger partial charge in [-0.2, -0.15) is 0 Å². The molecular weight excluding hydrogens is 324 g/mol. The van der Waals surface area contributed by atoms with Crippen LogP contribution in [0, 0.1) is 0 Å². The summed E-state index contributed by atoms with van der Waals surface area (Å²) in [4.78, 5) is 26.2. The third-order valence-corrected chi connectivity index (χ3v) is 4.38. The maximum atomic E-state index is 12.5. The standard InChI is InChI=1S/C19H19ClN2O2/c20-15-9-7-14(8-10-15)11-12-21-19(24)16-4-1-2-5-17(16)22-13-3-6-18(22)23/h1-2,4-5,7-10H,3,6,11-13H2,(H,21,24). The molecule has 24 heavy (non-hydrogen) atoms. The van der Waals surface area contributed by atoms with Gasteiger partial charge in [0.05, 0.1) is 11.3 Å². The van der Waals surface area contributed by atoms with Crippen LogP contribution in [-0.4, -0.2) is 24.9 Å². The second-order valence-electron chi connectivity index (χ2n) is 5.80. The minimum Gasteiger partial charge on any atom is -0.352 e. The van der Waals surface area contributed by atoms with Gasteiger partial charge in [0.15, 0.2) is 0 Å². The summed E-state index contributed by atoms with van der Waals surface area (Å²) in [6.45, 7) is 1.21. The van der Waals surface area contributed by atoms with Crippen molar-refractivity contribution in [2.75, 3.05) is 18.0 Å². The molecule has 0 saturated carbocycles. The van der Waals surface area contributed by atoms with Crippen molar-refractivity contribution in [1.29, 1.82) is 0 Å². The number of carbonyl (C=O) groups is 2. The zero-order valence-electron chi connectivity index (χ0n) is 13.3. The van der Waals surface area contributed by atoms with Crippen LogP contribution < -0.4 is 10.2 Å². The second kappa shape index (κ2) is 7.49. The number of nitrogens with zero attached hydrogens (tertiary/aromatic N) is 1. The smallest absolute Gasteiger partial charge is 0.253 e. The fourth-order valence-corrected chi connectivity index (χ4v) is 3.00. The van der Waals surface area contributed by atoms with Crippen LogP contribution in [0.3, 0.4) is 0 Å². The molecule has 1 aliphatic rings. The van der Waals surface area contributed by atoms with E-state index in [4.69, 9.17) is 11.6 Å². The Morgan fingerprint density at radius 2 is 1.88 bits per heavy atom. The van der Waals surface area contributed by atoms with Crippen molar-refractivity contribution in [3.8, 4) is 0 Å². The lowest BCUT2D eigenvalue weighted by Crippen LogP contribution is -2.30. The van der Waals surface area contributed by atoms with Gasteiger partial charge in [0.2, 0.25) is 5.91 Å². The third-order valence-electron chi connectivity index (χ3n) is 4.13. The van der Waals surface area contributed by atoms with E-state index in [2.05, 4.69) is 5.32 Å². The number of benzene rings is 2. The zero-order valence-corrected chi connectivity index (χ0v) is 14.1. The molecule has 3 rings (SSSR count). The predicted molar refractivity (Wildman–Crippen MR) is 95.5 cm³/mol. The van der Waals surface area contributed by atoms with Crippen molar-refractivity contribution in [1.82, 2.24) is 5.32 Å². The number of anilines is 1. The molecule has 0 atom stereocenters. The number of nitrogens with one attached hydrogen (secondary N) is 1. The van der Waals surface area contributed by atoms with Gasteiger partial charge in [-0.05, 0) is 42.7 Å². The molecule has 0 radical (unpaired) electrons. The number of hydrogen-bond acceptors (Lipinski definition) is 2. The highest BCUT2D eigenvalue weighted by molar-refractivity contribution is 6.30. The normalized spacial score (nSPS) is 14.0. The average Bonchev–Trinajstić information content (AvgIpc) is 3.02. The molecule has 0 unspecified atom stereocenters. The minimum absolute atomic E-state index is 0.0800. The summed E-state index contributed by atoms with van der Waals surface area (Å²) in [5.41, 5.74) is 2.36. The highest BCUT2D eigenvalue weighted by Gasteiger charge is 2.25. The van der Waals surface area contributed by atoms with Gasteiger partial charge in [0, 0.05) is 24.5 Å². The van der Waals surface area contributed by atoms with Crippen LogP contribution >= 0.6 is 11.6 Å². The van der Waals surface area contributed by atoms with Gasteiger partial charge in [0.1, 0.15) is 0 Å². The second-order valence-corrected chi connectivity index (χ2v) is 6.23. The molecule has 1 N–H and O–H groups in total. The minimum atomic E-state index is -0.153. The average molecular weight is 343 g/mol. The van der Waals surface area contributed by atoms with Crippen molar-refractivity contribution < 1.29 is 9.59 Å². The lowest BCUT2D eigenvalue weighted by atomic mass is 10.1. The van der Waals surface area contributed by atoms with Crippen molar-refractivity contribution in [2.24, 2.45) is 0 Å². The topological polar surface area (TPSA) is 49.4 Å². The molecule has 1 aliphatic heterocycles. The number of amides is 2. The van der Waals surface area contributed by atoms with Gasteiger partial charge < -0.3 is 10.2 Å². The maximum absolute atomic E-state index is 12.5. The van der Waals surface area contributed by atoms with Gasteiger partial charge in [-0.25, -0.2) is 0 Å². The monoisotopic (exact) mass is 342 g/mol. The number of hydrogen-bond donors (Lipinski definition) is 1. The Hall–Kier alpha value is -2.33. The van der Waals surface area contributed by atoms with Crippen molar-refractivity contribution >= 4 is 29.1 Å². The molecule has 1 heterocycles. The van der Waals surface area contributed by atoms with E-state index in [1.54, 1.807) is 11.0 Å². The van der Waals surface area contributed by atoms with Crippen LogP contribution in [0.5, 0.6) is 0 Å². The highest BCUT2D eigenvalue weighted by Crippen LogP contribution is 2.25. The molecule has 1 saturated heterocycles. The van der Waals surface area contributed by atoms with Gasteiger partial charge >= 0.3 is 0 Å². The first-order valence-electron chi connectivity index (χ1n) is 8.07. The molecule has 0 aliphatic carbocycles. The highest BCUT2D eigenvalue weighted by atomic mass is 35.5. The lowest BCUT2D eigenvalue weighted by Gasteiger charge is -2.19. The molecule has 2 aromatic rings. The van der Waals surface area contributed by atoms with Crippen LogP contribution in [0.1, 0.15) is 28.8 Å². The third kappa shape index (κ3) is 3.77. The molecule has 0 aromatic heterocycles. The number of halogens is 1. The van der Waals surface area contributed by atoms with E-state index >= 15 is 0 Å². The fraction of sp³-hybridized carbons (Fsp3) is 0.263. The van der Waals surface area contributed by atoms with Gasteiger partial charge in [-0.3, -0.25) is 9.59 Å². The van der Waals surface area contributed by atoms with Crippen molar-refractivity contribution in [3.05, 3.63) is 64.7 Å². The van der Waals surface area contributed by atoms with E-state index < -0.39 is 0 Å². The largest absolute Gasteiger partial charge is 0.352 e. The first-order chi connectivity index (χ1) is 11.6. The first kappa shape index (κ1) is 16.5. The Bertz CT molecular complexity index is 743. The van der Waals surface area contributed by atoms with Crippen LogP contribution in [0.2, 0.25) is 5.02 Å². The Morgan fingerprint density at radius 1 is 1.12 bits per heavy atom. The molecule has 4 nitrogen and oxygen atoms in total. The van der Waals surface area contributed by atoms with Gasteiger partial charge in [-0.15, -0.1) is 0 Å². The summed E-state index contributed by atoms with van der Waals surface area (Å²) in [5, 5.41) is 3.63. The molecule has 5 heteroatoms. The van der Waals surface area contributed by atoms with Crippen LogP contribution in [0.25, 0.3) is 0 Å². The van der Waals surface area contributed by atoms with Crippen LogP contribution in [0.15, 0.2) is 48.5 Å². The van der Waals surface area contributed by atoms with E-state index in [9.17, 15) is 9.59 Å². The molecule has 2 amide bonds. The molecule has 0 bridgehead atoms. The summed E-state index contributed by atoms with van der Waals surface area (Å²) in [6.07, 6.45) is 2.12. The van der Waals surface area contributed by atoms with E-state index in [1.807, 2.05) is 42.5 Å². The Labute approximate surface area is 146 Å². The SMILES string of the molecule is O=C(NCCc1ccc(Cl)cc1)c1ccccc1N1CCCC1=O. The van der Waals surface area contributed by atoms with E-state index in [1.165, 1.54) is 0 Å². The quantitative estimate of drug-likeness (QED) is 0.904.